The van der Waals surface area contributed by atoms with Crippen molar-refractivity contribution in [3.63, 3.8) is 0 Å². The summed E-state index contributed by atoms with van der Waals surface area (Å²) in [5.41, 5.74) is 9.25. The summed E-state index contributed by atoms with van der Waals surface area (Å²) in [6, 6.07) is 0. The normalized spacial score (nSPS) is 27.4. The first-order chi connectivity index (χ1) is 14.5. The number of alkyl halides is 6. The van der Waals surface area contributed by atoms with Gasteiger partial charge in [0.15, 0.2) is 0 Å². The van der Waals surface area contributed by atoms with Gasteiger partial charge >= 0.3 is 11.9 Å². The Balaban J connectivity index is 0. The summed E-state index contributed by atoms with van der Waals surface area (Å²) in [5.74, 6) is -1.43. The van der Waals surface area contributed by atoms with Crippen LogP contribution in [0.1, 0.15) is 64.2 Å². The number of nitrogens with two attached hydrogens (primary N) is 2. The van der Waals surface area contributed by atoms with Crippen LogP contribution in [-0.2, 0) is 9.59 Å². The Kier molecular flexibility index (Phi) is 23.0. The highest BCUT2D eigenvalue weighted by molar-refractivity contribution is 6.45. The topological polar surface area (TPSA) is 127 Å². The zero-order chi connectivity index (χ0) is 24.4. The van der Waals surface area contributed by atoms with E-state index in [0.29, 0.717) is 0 Å². The standard InChI is InChI=1S/C12H22O4.C6H6Cl6.CH6N2/c13-11(14)9-7-5-3-1-2-4-6-8-10-12(15)16;7-1-2(8)4(10)6(12)5(11)3(1)9;2-1-3/h1-10H2,(H,13,14)(H,15,16);1-6H;1-3H2. The quantitative estimate of drug-likeness (QED) is 0.147. The van der Waals surface area contributed by atoms with Gasteiger partial charge in [-0.15, -0.1) is 69.6 Å². The average Bonchev–Trinajstić information content (AvgIpc) is 2.71. The van der Waals surface area contributed by atoms with Gasteiger partial charge < -0.3 is 21.7 Å². The van der Waals surface area contributed by atoms with Crippen molar-refractivity contribution >= 4 is 81.5 Å². The van der Waals surface area contributed by atoms with Crippen LogP contribution in [-0.4, -0.2) is 61.1 Å². The highest BCUT2D eigenvalue weighted by Crippen LogP contribution is 2.39. The Morgan fingerprint density at radius 2 is 0.677 bits per heavy atom. The van der Waals surface area contributed by atoms with Crippen molar-refractivity contribution in [2.24, 2.45) is 11.5 Å². The number of carboxylic acids is 2. The Labute approximate surface area is 215 Å². The molecule has 0 bridgehead atoms. The molecule has 1 rings (SSSR count). The number of hydrogen-bond donors (Lipinski definition) is 4. The van der Waals surface area contributed by atoms with E-state index >= 15 is 0 Å². The third-order valence-corrected chi connectivity index (χ3v) is 8.39. The molecule has 1 fully saturated rings. The summed E-state index contributed by atoms with van der Waals surface area (Å²) in [6.07, 6.45) is 8.51. The van der Waals surface area contributed by atoms with E-state index in [1.54, 1.807) is 0 Å². The molecule has 0 atom stereocenters. The predicted molar refractivity (Wildman–Crippen MR) is 133 cm³/mol. The Bertz CT molecular complexity index is 398. The number of carbonyl (C=O) groups is 2. The number of hydrogen-bond acceptors (Lipinski definition) is 4. The minimum Gasteiger partial charge on any atom is -0.481 e. The number of rotatable bonds is 11. The molecule has 1 aliphatic rings. The van der Waals surface area contributed by atoms with Gasteiger partial charge in [0, 0.05) is 19.5 Å². The molecule has 0 aromatic heterocycles. The second kappa shape index (κ2) is 21.2. The van der Waals surface area contributed by atoms with E-state index in [-0.39, 0.29) is 19.5 Å². The van der Waals surface area contributed by atoms with Crippen LogP contribution in [0.15, 0.2) is 0 Å². The highest BCUT2D eigenvalue weighted by Gasteiger charge is 2.46. The van der Waals surface area contributed by atoms with Gasteiger partial charge in [0.2, 0.25) is 0 Å². The summed E-state index contributed by atoms with van der Waals surface area (Å²) in [4.78, 5) is 20.4. The molecule has 0 heterocycles. The van der Waals surface area contributed by atoms with Crippen molar-refractivity contribution in [3.8, 4) is 0 Å². The second-order valence-corrected chi connectivity index (χ2v) is 10.0. The van der Waals surface area contributed by atoms with E-state index in [2.05, 4.69) is 11.5 Å². The molecule has 0 amide bonds. The summed E-state index contributed by atoms with van der Waals surface area (Å²) in [6.45, 7) is 0.250. The molecule has 0 aromatic rings. The molecule has 12 heteroatoms. The molecule has 0 aromatic carbocycles. The number of unbranched alkanes of at least 4 members (excludes halogenated alkanes) is 7. The lowest BCUT2D eigenvalue weighted by Crippen LogP contribution is -2.52. The van der Waals surface area contributed by atoms with Gasteiger partial charge in [0.1, 0.15) is 0 Å². The fraction of sp³-hybridized carbons (Fsp3) is 0.895. The largest absolute Gasteiger partial charge is 0.481 e. The molecule has 1 aliphatic carbocycles. The second-order valence-electron chi connectivity index (χ2n) is 7.02. The van der Waals surface area contributed by atoms with Gasteiger partial charge in [0.25, 0.3) is 0 Å². The number of aliphatic carboxylic acids is 2. The molecular formula is C19H34Cl6N2O4. The minimum atomic E-state index is -0.714. The van der Waals surface area contributed by atoms with Crippen molar-refractivity contribution in [3.05, 3.63) is 0 Å². The van der Waals surface area contributed by atoms with Crippen LogP contribution in [0.5, 0.6) is 0 Å². The molecule has 31 heavy (non-hydrogen) atoms. The lowest BCUT2D eigenvalue weighted by molar-refractivity contribution is -0.138. The van der Waals surface area contributed by atoms with Crippen molar-refractivity contribution in [1.29, 1.82) is 0 Å². The van der Waals surface area contributed by atoms with Crippen LogP contribution in [0.25, 0.3) is 0 Å². The number of carboxylic acid groups (broad SMARTS) is 2. The molecule has 0 aliphatic heterocycles. The zero-order valence-corrected chi connectivity index (χ0v) is 21.9. The third-order valence-electron chi connectivity index (χ3n) is 4.36. The van der Waals surface area contributed by atoms with Crippen molar-refractivity contribution in [1.82, 2.24) is 0 Å². The van der Waals surface area contributed by atoms with E-state index in [1.807, 2.05) is 0 Å². The number of halogens is 6. The SMILES string of the molecule is ClC1C(Cl)C(Cl)C(Cl)C(Cl)C1Cl.NCN.O=C(O)CCCCCCCCCCC(=O)O. The molecular weight excluding hydrogens is 533 g/mol. The molecule has 0 saturated heterocycles. The Morgan fingerprint density at radius 3 is 0.839 bits per heavy atom. The van der Waals surface area contributed by atoms with Crippen molar-refractivity contribution in [2.45, 2.75) is 96.5 Å². The maximum Gasteiger partial charge on any atom is 0.303 e. The molecule has 0 radical (unpaired) electrons. The molecule has 186 valence electrons. The third kappa shape index (κ3) is 17.7. The smallest absolute Gasteiger partial charge is 0.303 e. The summed E-state index contributed by atoms with van der Waals surface area (Å²) in [7, 11) is 0. The van der Waals surface area contributed by atoms with Gasteiger partial charge in [0.05, 0.1) is 32.3 Å². The van der Waals surface area contributed by atoms with Gasteiger partial charge in [-0.25, -0.2) is 0 Å². The molecule has 1 saturated carbocycles. The fourth-order valence-corrected chi connectivity index (χ4v) is 4.99. The van der Waals surface area contributed by atoms with Gasteiger partial charge in [-0.05, 0) is 12.8 Å². The van der Waals surface area contributed by atoms with E-state index in [1.165, 1.54) is 0 Å². The lowest BCUT2D eigenvalue weighted by atomic mass is 9.97. The van der Waals surface area contributed by atoms with Gasteiger partial charge in [-0.3, -0.25) is 9.59 Å². The van der Waals surface area contributed by atoms with E-state index in [0.717, 1.165) is 51.4 Å². The van der Waals surface area contributed by atoms with Crippen molar-refractivity contribution < 1.29 is 19.8 Å². The summed E-state index contributed by atoms with van der Waals surface area (Å²) >= 11 is 35.3. The first-order valence-corrected chi connectivity index (χ1v) is 12.8. The first-order valence-electron chi connectivity index (χ1n) is 10.2. The van der Waals surface area contributed by atoms with Crippen LogP contribution in [0.3, 0.4) is 0 Å². The average molecular weight is 567 g/mol. The van der Waals surface area contributed by atoms with E-state index in [9.17, 15) is 9.59 Å². The molecule has 0 unspecified atom stereocenters. The van der Waals surface area contributed by atoms with E-state index < -0.39 is 44.2 Å². The molecule has 6 nitrogen and oxygen atoms in total. The molecule has 0 spiro atoms. The zero-order valence-electron chi connectivity index (χ0n) is 17.4. The van der Waals surface area contributed by atoms with E-state index in [4.69, 9.17) is 79.8 Å². The van der Waals surface area contributed by atoms with Crippen LogP contribution < -0.4 is 11.5 Å². The lowest BCUT2D eigenvalue weighted by Gasteiger charge is -2.37. The Morgan fingerprint density at radius 1 is 0.516 bits per heavy atom. The Hall–Kier alpha value is 0.600. The van der Waals surface area contributed by atoms with Gasteiger partial charge in [-0.2, -0.15) is 0 Å². The summed E-state index contributed by atoms with van der Waals surface area (Å²) in [5, 5.41) is 14.2. The monoisotopic (exact) mass is 564 g/mol. The first kappa shape index (κ1) is 33.8. The van der Waals surface area contributed by atoms with Crippen LogP contribution in [0.2, 0.25) is 0 Å². The predicted octanol–water partition coefficient (Wildman–Crippen LogP) is 5.56. The fourth-order valence-electron chi connectivity index (χ4n) is 2.67. The van der Waals surface area contributed by atoms with Crippen LogP contribution >= 0.6 is 69.6 Å². The summed E-state index contributed by atoms with van der Waals surface area (Å²) < 4.78 is 0. The maximum absolute atomic E-state index is 10.2. The van der Waals surface area contributed by atoms with Crippen LogP contribution in [0, 0.1) is 0 Å². The minimum absolute atomic E-state index is 0.250. The highest BCUT2D eigenvalue weighted by atomic mass is 35.5. The molecule has 6 N–H and O–H groups in total. The maximum atomic E-state index is 10.2. The van der Waals surface area contributed by atoms with Gasteiger partial charge in [-0.1, -0.05) is 38.5 Å². The van der Waals surface area contributed by atoms with Crippen LogP contribution in [0.4, 0.5) is 0 Å². The van der Waals surface area contributed by atoms with Crippen molar-refractivity contribution in [2.75, 3.05) is 6.67 Å².